The summed E-state index contributed by atoms with van der Waals surface area (Å²) in [7, 11) is 0. The SMILES string of the molecule is C[C@H](CN)NCc1cscn1. The standard InChI is InChI=1S/C7H13N3S/c1-6(2-8)9-3-7-4-11-5-10-7/h4-6,9H,2-3,8H2,1H3/t6-/m1/s1. The molecule has 0 aliphatic rings. The zero-order valence-corrected chi connectivity index (χ0v) is 7.40. The third-order valence-corrected chi connectivity index (χ3v) is 2.10. The number of nitrogens with one attached hydrogen (secondary N) is 1. The molecule has 11 heavy (non-hydrogen) atoms. The minimum absolute atomic E-state index is 0.372. The van der Waals surface area contributed by atoms with Crippen molar-refractivity contribution in [2.45, 2.75) is 19.5 Å². The predicted molar refractivity (Wildman–Crippen MR) is 47.5 cm³/mol. The van der Waals surface area contributed by atoms with Crippen molar-refractivity contribution in [1.82, 2.24) is 10.3 Å². The van der Waals surface area contributed by atoms with E-state index in [4.69, 9.17) is 5.73 Å². The molecule has 62 valence electrons. The average molecular weight is 171 g/mol. The first-order chi connectivity index (χ1) is 5.33. The van der Waals surface area contributed by atoms with Gasteiger partial charge in [-0.1, -0.05) is 0 Å². The molecule has 0 aromatic carbocycles. The van der Waals surface area contributed by atoms with Crippen LogP contribution in [0.1, 0.15) is 12.6 Å². The second kappa shape index (κ2) is 4.43. The summed E-state index contributed by atoms with van der Waals surface area (Å²) in [6.07, 6.45) is 0. The van der Waals surface area contributed by atoms with Crippen molar-refractivity contribution in [2.75, 3.05) is 6.54 Å². The van der Waals surface area contributed by atoms with Gasteiger partial charge in [-0.3, -0.25) is 0 Å². The Bertz CT molecular complexity index is 186. The van der Waals surface area contributed by atoms with Gasteiger partial charge in [-0.2, -0.15) is 0 Å². The van der Waals surface area contributed by atoms with Crippen molar-refractivity contribution in [3.8, 4) is 0 Å². The first-order valence-electron chi connectivity index (χ1n) is 3.63. The molecule has 0 amide bonds. The number of rotatable bonds is 4. The van der Waals surface area contributed by atoms with E-state index in [1.54, 1.807) is 11.3 Å². The van der Waals surface area contributed by atoms with Gasteiger partial charge in [0.2, 0.25) is 0 Å². The Kier molecular flexibility index (Phi) is 3.48. The third-order valence-electron chi connectivity index (χ3n) is 1.47. The van der Waals surface area contributed by atoms with Gasteiger partial charge in [0.25, 0.3) is 0 Å². The number of nitrogens with zero attached hydrogens (tertiary/aromatic N) is 1. The molecule has 1 rings (SSSR count). The molecular weight excluding hydrogens is 158 g/mol. The molecule has 0 unspecified atom stereocenters. The van der Waals surface area contributed by atoms with Crippen molar-refractivity contribution in [3.05, 3.63) is 16.6 Å². The average Bonchev–Trinajstić information content (AvgIpc) is 2.52. The topological polar surface area (TPSA) is 50.9 Å². The zero-order valence-electron chi connectivity index (χ0n) is 6.58. The fourth-order valence-electron chi connectivity index (χ4n) is 0.687. The molecule has 4 heteroatoms. The van der Waals surface area contributed by atoms with Gasteiger partial charge in [0.05, 0.1) is 11.2 Å². The second-order valence-electron chi connectivity index (χ2n) is 2.50. The van der Waals surface area contributed by atoms with E-state index in [1.165, 1.54) is 0 Å². The van der Waals surface area contributed by atoms with Crippen LogP contribution < -0.4 is 11.1 Å². The number of hydrogen-bond donors (Lipinski definition) is 2. The Morgan fingerprint density at radius 3 is 3.18 bits per heavy atom. The van der Waals surface area contributed by atoms with Crippen LogP contribution in [-0.4, -0.2) is 17.6 Å². The van der Waals surface area contributed by atoms with Gasteiger partial charge in [-0.25, -0.2) is 4.98 Å². The molecule has 1 heterocycles. The van der Waals surface area contributed by atoms with Crippen LogP contribution in [0.4, 0.5) is 0 Å². The minimum atomic E-state index is 0.372. The largest absolute Gasteiger partial charge is 0.329 e. The molecular formula is C7H13N3S. The highest BCUT2D eigenvalue weighted by molar-refractivity contribution is 7.07. The molecule has 0 saturated carbocycles. The highest BCUT2D eigenvalue weighted by Gasteiger charge is 1.98. The van der Waals surface area contributed by atoms with E-state index in [0.29, 0.717) is 12.6 Å². The van der Waals surface area contributed by atoms with Crippen LogP contribution in [0.5, 0.6) is 0 Å². The number of aromatic nitrogens is 1. The van der Waals surface area contributed by atoms with Crippen LogP contribution >= 0.6 is 11.3 Å². The number of hydrogen-bond acceptors (Lipinski definition) is 4. The van der Waals surface area contributed by atoms with Crippen LogP contribution in [0.25, 0.3) is 0 Å². The molecule has 0 bridgehead atoms. The summed E-state index contributed by atoms with van der Waals surface area (Å²) in [5.41, 5.74) is 8.36. The maximum atomic E-state index is 5.43. The molecule has 0 aliphatic heterocycles. The molecule has 0 radical (unpaired) electrons. The van der Waals surface area contributed by atoms with Crippen LogP contribution in [-0.2, 0) is 6.54 Å². The maximum Gasteiger partial charge on any atom is 0.0795 e. The predicted octanol–water partition coefficient (Wildman–Crippen LogP) is 0.580. The van der Waals surface area contributed by atoms with Crippen molar-refractivity contribution < 1.29 is 0 Å². The first-order valence-corrected chi connectivity index (χ1v) is 4.57. The Balaban J connectivity index is 2.23. The van der Waals surface area contributed by atoms with Crippen molar-refractivity contribution in [1.29, 1.82) is 0 Å². The molecule has 3 nitrogen and oxygen atoms in total. The Morgan fingerprint density at radius 2 is 2.64 bits per heavy atom. The monoisotopic (exact) mass is 171 g/mol. The van der Waals surface area contributed by atoms with Gasteiger partial charge in [0.15, 0.2) is 0 Å². The van der Waals surface area contributed by atoms with E-state index in [2.05, 4.69) is 17.2 Å². The highest BCUT2D eigenvalue weighted by Crippen LogP contribution is 1.99. The normalized spacial score (nSPS) is 13.3. The van der Waals surface area contributed by atoms with E-state index >= 15 is 0 Å². The fraction of sp³-hybridized carbons (Fsp3) is 0.571. The Morgan fingerprint density at radius 1 is 1.82 bits per heavy atom. The summed E-state index contributed by atoms with van der Waals surface area (Å²) in [5, 5.41) is 5.29. The lowest BCUT2D eigenvalue weighted by molar-refractivity contribution is 0.552. The lowest BCUT2D eigenvalue weighted by Crippen LogP contribution is -2.32. The fourth-order valence-corrected chi connectivity index (χ4v) is 1.25. The van der Waals surface area contributed by atoms with E-state index < -0.39 is 0 Å². The van der Waals surface area contributed by atoms with Gasteiger partial charge in [0.1, 0.15) is 0 Å². The van der Waals surface area contributed by atoms with E-state index in [1.807, 2.05) is 10.9 Å². The Labute approximate surface area is 70.6 Å². The van der Waals surface area contributed by atoms with Gasteiger partial charge >= 0.3 is 0 Å². The van der Waals surface area contributed by atoms with Crippen LogP contribution in [0.3, 0.4) is 0 Å². The first kappa shape index (κ1) is 8.64. The summed E-state index contributed by atoms with van der Waals surface area (Å²) in [6.45, 7) is 3.55. The molecule has 3 N–H and O–H groups in total. The third kappa shape index (κ3) is 2.96. The van der Waals surface area contributed by atoms with E-state index in [9.17, 15) is 0 Å². The lowest BCUT2D eigenvalue weighted by Gasteiger charge is -2.08. The Hall–Kier alpha value is -0.450. The molecule has 1 atom stereocenters. The van der Waals surface area contributed by atoms with Gasteiger partial charge in [-0.15, -0.1) is 11.3 Å². The molecule has 0 saturated heterocycles. The number of thiazole rings is 1. The van der Waals surface area contributed by atoms with E-state index in [-0.39, 0.29) is 0 Å². The minimum Gasteiger partial charge on any atom is -0.329 e. The number of nitrogens with two attached hydrogens (primary N) is 1. The van der Waals surface area contributed by atoms with Gasteiger partial charge < -0.3 is 11.1 Å². The quantitative estimate of drug-likeness (QED) is 0.696. The zero-order chi connectivity index (χ0) is 8.10. The smallest absolute Gasteiger partial charge is 0.0795 e. The van der Waals surface area contributed by atoms with Crippen molar-refractivity contribution in [2.24, 2.45) is 5.73 Å². The summed E-state index contributed by atoms with van der Waals surface area (Å²) < 4.78 is 0. The van der Waals surface area contributed by atoms with Crippen LogP contribution in [0.2, 0.25) is 0 Å². The highest BCUT2D eigenvalue weighted by atomic mass is 32.1. The van der Waals surface area contributed by atoms with Crippen LogP contribution in [0, 0.1) is 0 Å². The van der Waals surface area contributed by atoms with Crippen molar-refractivity contribution >= 4 is 11.3 Å². The van der Waals surface area contributed by atoms with Gasteiger partial charge in [-0.05, 0) is 6.92 Å². The molecule has 1 aromatic rings. The second-order valence-corrected chi connectivity index (χ2v) is 3.22. The lowest BCUT2D eigenvalue weighted by atomic mass is 10.3. The van der Waals surface area contributed by atoms with E-state index in [0.717, 1.165) is 12.2 Å². The molecule has 0 spiro atoms. The maximum absolute atomic E-state index is 5.43. The summed E-state index contributed by atoms with van der Waals surface area (Å²) in [6, 6.07) is 0.372. The summed E-state index contributed by atoms with van der Waals surface area (Å²) >= 11 is 1.62. The van der Waals surface area contributed by atoms with Crippen LogP contribution in [0.15, 0.2) is 10.9 Å². The van der Waals surface area contributed by atoms with Crippen molar-refractivity contribution in [3.63, 3.8) is 0 Å². The molecule has 1 aromatic heterocycles. The summed E-state index contributed by atoms with van der Waals surface area (Å²) in [5.74, 6) is 0. The molecule has 0 aliphatic carbocycles. The molecule has 0 fully saturated rings. The summed E-state index contributed by atoms with van der Waals surface area (Å²) in [4.78, 5) is 4.14. The van der Waals surface area contributed by atoms with Gasteiger partial charge in [0, 0.05) is 24.5 Å².